The number of carbonyl (C=O) groups is 2. The smallest absolute Gasteiger partial charge is 0.248 e. The van der Waals surface area contributed by atoms with Crippen molar-refractivity contribution < 1.29 is 14.3 Å². The van der Waals surface area contributed by atoms with E-state index in [4.69, 9.17) is 4.74 Å². The van der Waals surface area contributed by atoms with Gasteiger partial charge in [0.25, 0.3) is 0 Å². The van der Waals surface area contributed by atoms with Crippen LogP contribution in [0.2, 0.25) is 0 Å². The SMILES string of the molecule is COc1ccc(/C=C/C(=O)N[C@H](C)C(=O)Nc2nnc(-c3ccc(C)cc3)s2)cc1. The summed E-state index contributed by atoms with van der Waals surface area (Å²) in [6, 6.07) is 14.4. The Balaban J connectivity index is 1.53. The molecule has 0 fully saturated rings. The Morgan fingerprint density at radius 1 is 1.07 bits per heavy atom. The molecule has 1 atom stereocenters. The molecule has 0 saturated carbocycles. The highest BCUT2D eigenvalue weighted by Gasteiger charge is 2.17. The molecule has 1 heterocycles. The number of amides is 2. The molecule has 0 bridgehead atoms. The lowest BCUT2D eigenvalue weighted by molar-refractivity contribution is -0.123. The summed E-state index contributed by atoms with van der Waals surface area (Å²) in [6.07, 6.45) is 3.05. The number of rotatable bonds is 7. The van der Waals surface area contributed by atoms with Crippen molar-refractivity contribution in [1.82, 2.24) is 15.5 Å². The first kappa shape index (κ1) is 21.2. The molecule has 2 N–H and O–H groups in total. The number of aromatic nitrogens is 2. The predicted molar refractivity (Wildman–Crippen MR) is 118 cm³/mol. The predicted octanol–water partition coefficient (Wildman–Crippen LogP) is 3.68. The monoisotopic (exact) mass is 422 g/mol. The Kier molecular flexibility index (Phi) is 6.92. The lowest BCUT2D eigenvalue weighted by Crippen LogP contribution is -2.40. The minimum Gasteiger partial charge on any atom is -0.497 e. The number of hydrogen-bond donors (Lipinski definition) is 2. The van der Waals surface area contributed by atoms with Crippen LogP contribution >= 0.6 is 11.3 Å². The largest absolute Gasteiger partial charge is 0.497 e. The van der Waals surface area contributed by atoms with Crippen LogP contribution in [0.5, 0.6) is 5.75 Å². The Morgan fingerprint density at radius 3 is 2.43 bits per heavy atom. The van der Waals surface area contributed by atoms with Gasteiger partial charge in [0.1, 0.15) is 16.8 Å². The molecule has 0 aliphatic rings. The number of nitrogens with zero attached hydrogens (tertiary/aromatic N) is 2. The molecule has 3 aromatic rings. The topological polar surface area (TPSA) is 93.2 Å². The highest BCUT2D eigenvalue weighted by Crippen LogP contribution is 2.26. The van der Waals surface area contributed by atoms with Gasteiger partial charge in [-0.05, 0) is 37.6 Å². The minimum absolute atomic E-state index is 0.368. The zero-order chi connectivity index (χ0) is 21.5. The second kappa shape index (κ2) is 9.80. The number of nitrogens with one attached hydrogen (secondary N) is 2. The Morgan fingerprint density at radius 2 is 1.77 bits per heavy atom. The van der Waals surface area contributed by atoms with E-state index < -0.39 is 6.04 Å². The summed E-state index contributed by atoms with van der Waals surface area (Å²) < 4.78 is 5.10. The Bertz CT molecular complexity index is 1040. The fourth-order valence-electron chi connectivity index (χ4n) is 2.51. The summed E-state index contributed by atoms with van der Waals surface area (Å²) in [5.41, 5.74) is 2.94. The number of carbonyl (C=O) groups excluding carboxylic acids is 2. The molecule has 1 aromatic heterocycles. The summed E-state index contributed by atoms with van der Waals surface area (Å²) in [6.45, 7) is 3.62. The molecule has 7 nitrogen and oxygen atoms in total. The van der Waals surface area contributed by atoms with Crippen molar-refractivity contribution in [3.05, 3.63) is 65.7 Å². The Hall–Kier alpha value is -3.52. The third-order valence-corrected chi connectivity index (χ3v) is 5.14. The van der Waals surface area contributed by atoms with Gasteiger partial charge in [-0.1, -0.05) is 53.3 Å². The number of ether oxygens (including phenoxy) is 1. The van der Waals surface area contributed by atoms with Crippen molar-refractivity contribution >= 4 is 34.4 Å². The summed E-state index contributed by atoms with van der Waals surface area (Å²) >= 11 is 1.28. The van der Waals surface area contributed by atoms with Gasteiger partial charge in [-0.2, -0.15) is 0 Å². The lowest BCUT2D eigenvalue weighted by Gasteiger charge is -2.11. The van der Waals surface area contributed by atoms with Crippen molar-refractivity contribution in [2.24, 2.45) is 0 Å². The molecule has 8 heteroatoms. The molecule has 0 unspecified atom stereocenters. The molecule has 3 rings (SSSR count). The van der Waals surface area contributed by atoms with Crippen molar-refractivity contribution in [2.75, 3.05) is 12.4 Å². The Labute approximate surface area is 178 Å². The van der Waals surface area contributed by atoms with E-state index in [9.17, 15) is 9.59 Å². The molecular formula is C22H22N4O3S. The number of anilines is 1. The zero-order valence-electron chi connectivity index (χ0n) is 16.9. The highest BCUT2D eigenvalue weighted by molar-refractivity contribution is 7.18. The van der Waals surface area contributed by atoms with Crippen molar-refractivity contribution in [3.63, 3.8) is 0 Å². The van der Waals surface area contributed by atoms with E-state index in [1.807, 2.05) is 43.3 Å². The third kappa shape index (κ3) is 5.74. The van der Waals surface area contributed by atoms with Gasteiger partial charge in [-0.15, -0.1) is 10.2 Å². The first-order valence-electron chi connectivity index (χ1n) is 9.28. The molecule has 0 aliphatic carbocycles. The molecule has 0 aliphatic heterocycles. The summed E-state index contributed by atoms with van der Waals surface area (Å²) in [5, 5.41) is 14.5. The van der Waals surface area contributed by atoms with Gasteiger partial charge in [0.05, 0.1) is 7.11 Å². The van der Waals surface area contributed by atoms with Crippen LogP contribution in [-0.4, -0.2) is 35.2 Å². The van der Waals surface area contributed by atoms with Crippen LogP contribution in [0.1, 0.15) is 18.1 Å². The molecule has 30 heavy (non-hydrogen) atoms. The third-order valence-electron chi connectivity index (χ3n) is 4.25. The first-order valence-corrected chi connectivity index (χ1v) is 10.1. The molecule has 154 valence electrons. The maximum absolute atomic E-state index is 12.4. The molecule has 0 saturated heterocycles. The lowest BCUT2D eigenvalue weighted by atomic mass is 10.2. The van der Waals surface area contributed by atoms with Gasteiger partial charge >= 0.3 is 0 Å². The van der Waals surface area contributed by atoms with Crippen molar-refractivity contribution in [3.8, 4) is 16.3 Å². The first-order chi connectivity index (χ1) is 14.4. The molecule has 0 spiro atoms. The van der Waals surface area contributed by atoms with Crippen LogP contribution < -0.4 is 15.4 Å². The van der Waals surface area contributed by atoms with Crippen LogP contribution in [0.4, 0.5) is 5.13 Å². The normalized spacial score (nSPS) is 11.8. The highest BCUT2D eigenvalue weighted by atomic mass is 32.1. The second-order valence-corrected chi connectivity index (χ2v) is 7.58. The molecule has 0 radical (unpaired) electrons. The van der Waals surface area contributed by atoms with Gasteiger partial charge < -0.3 is 10.1 Å². The quantitative estimate of drug-likeness (QED) is 0.567. The standard InChI is InChI=1S/C22H22N4O3S/c1-14-4-9-17(10-5-14)21-25-26-22(30-21)24-20(28)15(2)23-19(27)13-8-16-6-11-18(29-3)12-7-16/h4-13,15H,1-3H3,(H,23,27)(H,24,26,28)/b13-8+/t15-/m1/s1. The van der Waals surface area contributed by atoms with Crippen LogP contribution in [-0.2, 0) is 9.59 Å². The van der Waals surface area contributed by atoms with E-state index in [1.54, 1.807) is 32.2 Å². The van der Waals surface area contributed by atoms with Crippen molar-refractivity contribution in [2.45, 2.75) is 19.9 Å². The van der Waals surface area contributed by atoms with E-state index in [1.165, 1.54) is 17.4 Å². The summed E-state index contributed by atoms with van der Waals surface area (Å²) in [7, 11) is 1.59. The van der Waals surface area contributed by atoms with Gasteiger partial charge in [-0.25, -0.2) is 0 Å². The minimum atomic E-state index is -0.732. The fourth-order valence-corrected chi connectivity index (χ4v) is 3.27. The number of methoxy groups -OCH3 is 1. The van der Waals surface area contributed by atoms with E-state index in [0.717, 1.165) is 22.4 Å². The van der Waals surface area contributed by atoms with E-state index in [0.29, 0.717) is 10.1 Å². The fraction of sp³-hybridized carbons (Fsp3) is 0.182. The number of aryl methyl sites for hydroxylation is 1. The molecule has 2 amide bonds. The van der Waals surface area contributed by atoms with Crippen molar-refractivity contribution in [1.29, 1.82) is 0 Å². The molecule has 2 aromatic carbocycles. The zero-order valence-corrected chi connectivity index (χ0v) is 17.7. The van der Waals surface area contributed by atoms with E-state index >= 15 is 0 Å². The second-order valence-electron chi connectivity index (χ2n) is 6.60. The van der Waals surface area contributed by atoms with E-state index in [2.05, 4.69) is 20.8 Å². The van der Waals surface area contributed by atoms with Gasteiger partial charge in [0.15, 0.2) is 0 Å². The number of benzene rings is 2. The summed E-state index contributed by atoms with van der Waals surface area (Å²) in [5.74, 6) is 0.00277. The molecular weight excluding hydrogens is 400 g/mol. The van der Waals surface area contributed by atoms with Gasteiger partial charge in [0, 0.05) is 11.6 Å². The average molecular weight is 423 g/mol. The maximum atomic E-state index is 12.4. The van der Waals surface area contributed by atoms with E-state index in [-0.39, 0.29) is 11.8 Å². The van der Waals surface area contributed by atoms with Crippen LogP contribution in [0.3, 0.4) is 0 Å². The average Bonchev–Trinajstić information content (AvgIpc) is 3.21. The number of hydrogen-bond acceptors (Lipinski definition) is 6. The maximum Gasteiger partial charge on any atom is 0.248 e. The van der Waals surface area contributed by atoms with Crippen LogP contribution in [0.15, 0.2) is 54.6 Å². The summed E-state index contributed by atoms with van der Waals surface area (Å²) in [4.78, 5) is 24.5. The van der Waals surface area contributed by atoms with Gasteiger partial charge in [-0.3, -0.25) is 14.9 Å². The van der Waals surface area contributed by atoms with Gasteiger partial charge in [0.2, 0.25) is 16.9 Å². The van der Waals surface area contributed by atoms with Crippen LogP contribution in [0.25, 0.3) is 16.6 Å². The van der Waals surface area contributed by atoms with Crippen LogP contribution in [0, 0.1) is 6.92 Å².